The fourth-order valence-corrected chi connectivity index (χ4v) is 6.75. The molecule has 0 N–H and O–H groups in total. The number of carbonyl (C=O) groups is 2. The molecule has 0 saturated carbocycles. The topological polar surface area (TPSA) is 117 Å². The second-order valence-corrected chi connectivity index (χ2v) is 10.1. The second kappa shape index (κ2) is 8.55. The monoisotopic (exact) mass is 500 g/mol. The van der Waals surface area contributed by atoms with Crippen LogP contribution in [0.2, 0.25) is 0 Å². The summed E-state index contributed by atoms with van der Waals surface area (Å²) >= 11 is 1.33. The fraction of sp³-hybridized carbons (Fsp3) is 0.269. The Hall–Kier alpha value is -4.07. The van der Waals surface area contributed by atoms with Crippen LogP contribution in [-0.2, 0) is 27.3 Å². The van der Waals surface area contributed by atoms with Crippen LogP contribution in [-0.4, -0.2) is 22.8 Å². The van der Waals surface area contributed by atoms with Gasteiger partial charge in [0.25, 0.3) is 11.6 Å². The predicted octanol–water partition coefficient (Wildman–Crippen LogP) is 4.46. The molecule has 180 valence electrons. The van der Waals surface area contributed by atoms with Crippen molar-refractivity contribution in [1.29, 1.82) is 5.26 Å². The first-order valence-electron chi connectivity index (χ1n) is 11.7. The minimum Gasteiger partial charge on any atom is -0.273 e. The van der Waals surface area contributed by atoms with Gasteiger partial charge in [-0.2, -0.15) is 5.26 Å². The highest BCUT2D eigenvalue weighted by atomic mass is 32.1. The van der Waals surface area contributed by atoms with Crippen LogP contribution >= 0.6 is 11.3 Å². The van der Waals surface area contributed by atoms with E-state index < -0.39 is 34.8 Å². The number of carbonyl (C=O) groups excluding carboxylic acids is 2. The molecule has 6 rings (SSSR count). The summed E-state index contributed by atoms with van der Waals surface area (Å²) in [5.74, 6) is -1.91. The first kappa shape index (κ1) is 22.4. The lowest BCUT2D eigenvalue weighted by Gasteiger charge is -2.28. The average Bonchev–Trinajstić information content (AvgIpc) is 3.54. The largest absolute Gasteiger partial charge is 0.273 e. The van der Waals surface area contributed by atoms with Gasteiger partial charge in [-0.05, 0) is 48.9 Å². The number of hydrogen-bond acceptors (Lipinski definition) is 8. The van der Waals surface area contributed by atoms with Crippen LogP contribution in [0.1, 0.15) is 40.5 Å². The van der Waals surface area contributed by atoms with Crippen LogP contribution < -0.4 is 9.96 Å². The van der Waals surface area contributed by atoms with Crippen molar-refractivity contribution in [3.8, 4) is 6.07 Å². The van der Waals surface area contributed by atoms with E-state index in [4.69, 9.17) is 4.84 Å². The molecule has 3 aliphatic rings. The number of non-ortho nitro benzene ring substituents is 1. The molecule has 9 nitrogen and oxygen atoms in total. The number of hydrogen-bond donors (Lipinski definition) is 0. The summed E-state index contributed by atoms with van der Waals surface area (Å²) < 4.78 is 0. The van der Waals surface area contributed by atoms with E-state index in [1.807, 2.05) is 18.2 Å². The van der Waals surface area contributed by atoms with Gasteiger partial charge in [0, 0.05) is 17.0 Å². The molecule has 36 heavy (non-hydrogen) atoms. The molecule has 0 radical (unpaired) electrons. The Balaban J connectivity index is 1.45. The van der Waals surface area contributed by atoms with Crippen molar-refractivity contribution in [2.75, 3.05) is 9.96 Å². The molecule has 1 aliphatic carbocycles. The molecule has 3 heterocycles. The Morgan fingerprint density at radius 2 is 1.83 bits per heavy atom. The maximum absolute atomic E-state index is 13.9. The third-order valence-electron chi connectivity index (χ3n) is 7.02. The molecule has 1 aromatic heterocycles. The van der Waals surface area contributed by atoms with Crippen molar-refractivity contribution in [1.82, 2.24) is 0 Å². The van der Waals surface area contributed by atoms with Crippen molar-refractivity contribution in [2.24, 2.45) is 5.92 Å². The number of anilines is 2. The van der Waals surface area contributed by atoms with Gasteiger partial charge >= 0.3 is 0 Å². The lowest BCUT2D eigenvalue weighted by atomic mass is 9.90. The summed E-state index contributed by atoms with van der Waals surface area (Å²) in [6, 6.07) is 16.5. The summed E-state index contributed by atoms with van der Waals surface area (Å²) in [5, 5.41) is 23.2. The maximum atomic E-state index is 13.9. The number of nitriles is 1. The van der Waals surface area contributed by atoms with Crippen molar-refractivity contribution in [3.05, 3.63) is 86.3 Å². The molecule has 2 aromatic carbocycles. The summed E-state index contributed by atoms with van der Waals surface area (Å²) in [6.07, 6.45) is 2.45. The summed E-state index contributed by atoms with van der Waals surface area (Å²) in [6.45, 7) is 0. The number of imide groups is 1. The van der Waals surface area contributed by atoms with Crippen LogP contribution in [0.15, 0.2) is 54.6 Å². The predicted molar refractivity (Wildman–Crippen MR) is 131 cm³/mol. The quantitative estimate of drug-likeness (QED) is 0.295. The number of para-hydroxylation sites is 1. The second-order valence-electron chi connectivity index (χ2n) is 9.02. The third-order valence-corrected chi connectivity index (χ3v) is 8.29. The molecule has 2 amide bonds. The van der Waals surface area contributed by atoms with E-state index >= 15 is 0 Å². The van der Waals surface area contributed by atoms with Gasteiger partial charge in [0.15, 0.2) is 6.10 Å². The van der Waals surface area contributed by atoms with Crippen LogP contribution in [0, 0.1) is 27.4 Å². The number of nitro groups is 1. The van der Waals surface area contributed by atoms with E-state index in [9.17, 15) is 25.0 Å². The Bertz CT molecular complexity index is 1450. The number of hydroxylamine groups is 1. The fourth-order valence-electron chi connectivity index (χ4n) is 5.40. The van der Waals surface area contributed by atoms with Crippen molar-refractivity contribution < 1.29 is 19.3 Å². The highest BCUT2D eigenvalue weighted by molar-refractivity contribution is 7.17. The highest BCUT2D eigenvalue weighted by Gasteiger charge is 2.61. The lowest BCUT2D eigenvalue weighted by molar-refractivity contribution is -0.384. The maximum Gasteiger partial charge on any atom is 0.269 e. The van der Waals surface area contributed by atoms with E-state index in [1.165, 1.54) is 28.5 Å². The summed E-state index contributed by atoms with van der Waals surface area (Å²) in [5.41, 5.74) is 2.33. The van der Waals surface area contributed by atoms with Crippen LogP contribution in [0.5, 0.6) is 0 Å². The van der Waals surface area contributed by atoms with Gasteiger partial charge in [-0.15, -0.1) is 11.3 Å². The standard InChI is InChI=1S/C26H20N4O5S/c27-14-19-18-11-4-5-12-20(18)36-26(19)28-24(31)21-22(15-7-6-10-17(13-15)30(33)34)29(35-23(21)25(28)32)16-8-2-1-3-9-16/h1-3,6-10,13,21-23H,4-5,11-12H2/t21-,22-,23+/m0/s1. The van der Waals surface area contributed by atoms with Gasteiger partial charge in [-0.25, -0.2) is 9.96 Å². The van der Waals surface area contributed by atoms with Crippen molar-refractivity contribution in [2.45, 2.75) is 37.8 Å². The van der Waals surface area contributed by atoms with Gasteiger partial charge in [0.05, 0.1) is 22.2 Å². The van der Waals surface area contributed by atoms with E-state index in [0.29, 0.717) is 21.8 Å². The van der Waals surface area contributed by atoms with Gasteiger partial charge in [-0.1, -0.05) is 30.3 Å². The minimum absolute atomic E-state index is 0.115. The Morgan fingerprint density at radius 1 is 1.06 bits per heavy atom. The zero-order chi connectivity index (χ0) is 25.0. The van der Waals surface area contributed by atoms with Crippen LogP contribution in [0.3, 0.4) is 0 Å². The molecule has 3 aromatic rings. The van der Waals surface area contributed by atoms with E-state index in [1.54, 1.807) is 24.3 Å². The molecule has 2 saturated heterocycles. The van der Waals surface area contributed by atoms with Gasteiger partial charge in [0.1, 0.15) is 17.0 Å². The molecule has 10 heteroatoms. The minimum atomic E-state index is -1.10. The number of rotatable bonds is 4. The normalized spacial score (nSPS) is 22.9. The van der Waals surface area contributed by atoms with Crippen LogP contribution in [0.4, 0.5) is 16.4 Å². The number of fused-ring (bicyclic) bond motifs is 2. The number of nitro benzene ring substituents is 1. The zero-order valence-electron chi connectivity index (χ0n) is 19.0. The first-order chi connectivity index (χ1) is 17.5. The Kier molecular flexibility index (Phi) is 5.32. The third kappa shape index (κ3) is 3.31. The molecular weight excluding hydrogens is 480 g/mol. The van der Waals surface area contributed by atoms with Crippen LogP contribution in [0.25, 0.3) is 0 Å². The lowest BCUT2D eigenvalue weighted by Crippen LogP contribution is -2.37. The van der Waals surface area contributed by atoms with E-state index in [2.05, 4.69) is 6.07 Å². The van der Waals surface area contributed by atoms with Gasteiger partial charge in [0.2, 0.25) is 5.91 Å². The van der Waals surface area contributed by atoms with Gasteiger partial charge < -0.3 is 0 Å². The molecule has 0 unspecified atom stereocenters. The molecule has 0 spiro atoms. The van der Waals surface area contributed by atoms with Gasteiger partial charge in [-0.3, -0.25) is 24.5 Å². The number of thiophene rings is 1. The molecule has 0 bridgehead atoms. The number of aryl methyl sites for hydroxylation is 1. The Morgan fingerprint density at radius 3 is 2.58 bits per heavy atom. The highest BCUT2D eigenvalue weighted by Crippen LogP contribution is 2.50. The molecule has 3 atom stereocenters. The Labute approximate surface area is 210 Å². The van der Waals surface area contributed by atoms with E-state index in [-0.39, 0.29) is 5.69 Å². The number of amides is 2. The van der Waals surface area contributed by atoms with Crippen molar-refractivity contribution in [3.63, 3.8) is 0 Å². The SMILES string of the molecule is N#Cc1c(N2C(=O)[C@@H]3[C@@H](ON(c4ccccc4)[C@H]3c3cccc([N+](=O)[O-])c3)C2=O)sc2c1CCCC2. The van der Waals surface area contributed by atoms with Crippen molar-refractivity contribution >= 4 is 39.5 Å². The zero-order valence-corrected chi connectivity index (χ0v) is 19.8. The summed E-state index contributed by atoms with van der Waals surface area (Å²) in [7, 11) is 0. The smallest absolute Gasteiger partial charge is 0.269 e. The first-order valence-corrected chi connectivity index (χ1v) is 12.5. The molecular formula is C26H20N4O5S. The number of nitrogens with zero attached hydrogens (tertiary/aromatic N) is 4. The average molecular weight is 501 g/mol. The molecule has 2 aliphatic heterocycles. The summed E-state index contributed by atoms with van der Waals surface area (Å²) in [4.78, 5) is 46.8. The van der Waals surface area contributed by atoms with E-state index in [0.717, 1.165) is 41.0 Å². The number of benzene rings is 2. The molecule has 2 fully saturated rings.